The van der Waals surface area contributed by atoms with Crippen LogP contribution >= 0.6 is 0 Å². The summed E-state index contributed by atoms with van der Waals surface area (Å²) in [5.74, 6) is -0.204. The van der Waals surface area contributed by atoms with Gasteiger partial charge in [0.05, 0.1) is 5.41 Å². The van der Waals surface area contributed by atoms with Crippen LogP contribution in [0.3, 0.4) is 0 Å². The Bertz CT molecular complexity index is 808. The highest BCUT2D eigenvalue weighted by Gasteiger charge is 2.55. The number of aliphatic carboxylic acids is 1. The molecule has 1 heterocycles. The average molecular weight is 385 g/mol. The summed E-state index contributed by atoms with van der Waals surface area (Å²) in [6.45, 7) is 4.47. The van der Waals surface area contributed by atoms with Crippen molar-refractivity contribution < 1.29 is 19.5 Å². The van der Waals surface area contributed by atoms with Crippen LogP contribution in [0.1, 0.15) is 39.5 Å². The van der Waals surface area contributed by atoms with E-state index in [1.807, 2.05) is 17.0 Å². The Balaban J connectivity index is 1.42. The topological polar surface area (TPSA) is 90.0 Å². The fourth-order valence-corrected chi connectivity index (χ4v) is 4.97. The Morgan fingerprint density at radius 1 is 1.25 bits per heavy atom. The van der Waals surface area contributed by atoms with Crippen LogP contribution in [0.25, 0.3) is 0 Å². The van der Waals surface area contributed by atoms with E-state index in [1.54, 1.807) is 24.0 Å². The molecular weight excluding hydrogens is 358 g/mol. The minimum absolute atomic E-state index is 0.0220. The van der Waals surface area contributed by atoms with Gasteiger partial charge in [0, 0.05) is 37.4 Å². The quantitative estimate of drug-likeness (QED) is 0.833. The Labute approximate surface area is 164 Å². The van der Waals surface area contributed by atoms with Crippen LogP contribution in [0.4, 0.5) is 16.2 Å². The SMILES string of the molecule is CC(=O)N(c1ccc(NC(=O)N2C[C@@H]3CCC[C@@]3(C(=O)O)C2)cc1)C1CC1C. The number of carbonyl (C=O) groups is 3. The molecule has 2 aliphatic carbocycles. The summed E-state index contributed by atoms with van der Waals surface area (Å²) < 4.78 is 0. The number of amides is 3. The van der Waals surface area contributed by atoms with Crippen molar-refractivity contribution in [2.24, 2.45) is 17.3 Å². The fraction of sp³-hybridized carbons (Fsp3) is 0.571. The van der Waals surface area contributed by atoms with E-state index >= 15 is 0 Å². The minimum atomic E-state index is -0.784. The number of anilines is 2. The van der Waals surface area contributed by atoms with Gasteiger partial charge < -0.3 is 20.2 Å². The standard InChI is InChI=1S/C21H27N3O4/c1-13-10-18(13)24(14(2)25)17-7-5-16(6-8-17)22-20(28)23-11-15-4-3-9-21(15,12-23)19(26)27/h5-8,13,15,18H,3-4,9-12H2,1-2H3,(H,22,28)(H,26,27)/t13?,15-,18?,21+/m0/s1. The van der Waals surface area contributed by atoms with E-state index in [-0.39, 0.29) is 30.4 Å². The molecule has 7 heteroatoms. The minimum Gasteiger partial charge on any atom is -0.481 e. The second kappa shape index (κ2) is 6.79. The van der Waals surface area contributed by atoms with E-state index in [2.05, 4.69) is 12.2 Å². The molecular formula is C21H27N3O4. The molecule has 3 aliphatic rings. The molecule has 0 radical (unpaired) electrons. The van der Waals surface area contributed by atoms with Gasteiger partial charge in [-0.3, -0.25) is 9.59 Å². The fourth-order valence-electron chi connectivity index (χ4n) is 4.97. The van der Waals surface area contributed by atoms with Crippen LogP contribution in [-0.2, 0) is 9.59 Å². The largest absolute Gasteiger partial charge is 0.481 e. The van der Waals surface area contributed by atoms with Crippen molar-refractivity contribution in [1.29, 1.82) is 0 Å². The Morgan fingerprint density at radius 2 is 1.93 bits per heavy atom. The Kier molecular flexibility index (Phi) is 4.56. The number of rotatable bonds is 4. The number of urea groups is 1. The Morgan fingerprint density at radius 3 is 2.46 bits per heavy atom. The number of hydrogen-bond donors (Lipinski definition) is 2. The average Bonchev–Trinajstić information content (AvgIpc) is 3.05. The molecule has 4 rings (SSSR count). The molecule has 150 valence electrons. The Hall–Kier alpha value is -2.57. The van der Waals surface area contributed by atoms with Gasteiger partial charge in [-0.05, 0) is 55.4 Å². The molecule has 0 spiro atoms. The van der Waals surface area contributed by atoms with Crippen LogP contribution in [0.5, 0.6) is 0 Å². The molecule has 0 aromatic heterocycles. The summed E-state index contributed by atoms with van der Waals surface area (Å²) >= 11 is 0. The van der Waals surface area contributed by atoms with Crippen molar-refractivity contribution in [2.45, 2.75) is 45.6 Å². The van der Waals surface area contributed by atoms with E-state index in [1.165, 1.54) is 0 Å². The van der Waals surface area contributed by atoms with Crippen LogP contribution in [0, 0.1) is 17.3 Å². The van der Waals surface area contributed by atoms with Gasteiger partial charge in [0.25, 0.3) is 0 Å². The molecule has 2 saturated carbocycles. The smallest absolute Gasteiger partial charge is 0.321 e. The zero-order valence-corrected chi connectivity index (χ0v) is 16.4. The first-order valence-electron chi connectivity index (χ1n) is 10.0. The maximum Gasteiger partial charge on any atom is 0.321 e. The third-order valence-electron chi connectivity index (χ3n) is 6.72. The lowest BCUT2D eigenvalue weighted by Gasteiger charge is -2.24. The van der Waals surface area contributed by atoms with Gasteiger partial charge in [0.2, 0.25) is 5.91 Å². The summed E-state index contributed by atoms with van der Waals surface area (Å²) in [4.78, 5) is 39.9. The maximum absolute atomic E-state index is 12.7. The highest BCUT2D eigenvalue weighted by atomic mass is 16.4. The first-order chi connectivity index (χ1) is 13.3. The highest BCUT2D eigenvalue weighted by molar-refractivity contribution is 5.94. The number of carboxylic acid groups (broad SMARTS) is 1. The number of fused-ring (bicyclic) bond motifs is 1. The predicted octanol–water partition coefficient (Wildman–Crippen LogP) is 3.17. The lowest BCUT2D eigenvalue weighted by molar-refractivity contribution is -0.149. The van der Waals surface area contributed by atoms with Gasteiger partial charge in [-0.2, -0.15) is 0 Å². The number of carbonyl (C=O) groups excluding carboxylic acids is 2. The van der Waals surface area contributed by atoms with E-state index in [0.717, 1.165) is 24.9 Å². The summed E-state index contributed by atoms with van der Waals surface area (Å²) in [5, 5.41) is 12.5. The van der Waals surface area contributed by atoms with Crippen LogP contribution in [0.2, 0.25) is 0 Å². The van der Waals surface area contributed by atoms with Crippen molar-refractivity contribution in [1.82, 2.24) is 4.90 Å². The first kappa shape index (κ1) is 18.8. The summed E-state index contributed by atoms with van der Waals surface area (Å²) in [6, 6.07) is 7.27. The zero-order valence-electron chi connectivity index (χ0n) is 16.4. The van der Waals surface area contributed by atoms with E-state index in [0.29, 0.717) is 24.6 Å². The zero-order chi connectivity index (χ0) is 20.1. The molecule has 28 heavy (non-hydrogen) atoms. The molecule has 1 aromatic carbocycles. The number of benzene rings is 1. The second-order valence-corrected chi connectivity index (χ2v) is 8.58. The van der Waals surface area contributed by atoms with Gasteiger partial charge in [-0.25, -0.2) is 4.79 Å². The number of carboxylic acids is 1. The third kappa shape index (κ3) is 3.12. The molecule has 1 aliphatic heterocycles. The third-order valence-corrected chi connectivity index (χ3v) is 6.72. The molecule has 2 unspecified atom stereocenters. The van der Waals surface area contributed by atoms with Gasteiger partial charge in [0.1, 0.15) is 0 Å². The van der Waals surface area contributed by atoms with Crippen molar-refractivity contribution in [3.8, 4) is 0 Å². The van der Waals surface area contributed by atoms with E-state index in [4.69, 9.17) is 0 Å². The molecule has 1 aromatic rings. The number of hydrogen-bond acceptors (Lipinski definition) is 3. The van der Waals surface area contributed by atoms with Gasteiger partial charge in [-0.15, -0.1) is 0 Å². The number of nitrogens with zero attached hydrogens (tertiary/aromatic N) is 2. The molecule has 7 nitrogen and oxygen atoms in total. The summed E-state index contributed by atoms with van der Waals surface area (Å²) in [5.41, 5.74) is 0.701. The molecule has 3 fully saturated rings. The molecule has 2 N–H and O–H groups in total. The lowest BCUT2D eigenvalue weighted by atomic mass is 9.81. The summed E-state index contributed by atoms with van der Waals surface area (Å²) in [6.07, 6.45) is 3.44. The second-order valence-electron chi connectivity index (χ2n) is 8.58. The molecule has 1 saturated heterocycles. The van der Waals surface area contributed by atoms with Crippen LogP contribution in [0.15, 0.2) is 24.3 Å². The normalized spacial score (nSPS) is 30.6. The van der Waals surface area contributed by atoms with E-state index in [9.17, 15) is 19.5 Å². The van der Waals surface area contributed by atoms with Crippen molar-refractivity contribution in [3.63, 3.8) is 0 Å². The molecule has 4 atom stereocenters. The highest BCUT2D eigenvalue weighted by Crippen LogP contribution is 2.49. The van der Waals surface area contributed by atoms with Crippen molar-refractivity contribution in [3.05, 3.63) is 24.3 Å². The van der Waals surface area contributed by atoms with Gasteiger partial charge in [0.15, 0.2) is 0 Å². The van der Waals surface area contributed by atoms with Crippen molar-refractivity contribution >= 4 is 29.3 Å². The van der Waals surface area contributed by atoms with Gasteiger partial charge in [-0.1, -0.05) is 13.3 Å². The first-order valence-corrected chi connectivity index (χ1v) is 10.0. The molecule has 0 bridgehead atoms. The van der Waals surface area contributed by atoms with Crippen LogP contribution < -0.4 is 10.2 Å². The molecule has 3 amide bonds. The number of nitrogens with one attached hydrogen (secondary N) is 1. The van der Waals surface area contributed by atoms with E-state index < -0.39 is 11.4 Å². The van der Waals surface area contributed by atoms with Gasteiger partial charge >= 0.3 is 12.0 Å². The number of likely N-dealkylation sites (tertiary alicyclic amines) is 1. The maximum atomic E-state index is 12.7. The van der Waals surface area contributed by atoms with Crippen LogP contribution in [-0.4, -0.2) is 47.0 Å². The summed E-state index contributed by atoms with van der Waals surface area (Å²) in [7, 11) is 0. The monoisotopic (exact) mass is 385 g/mol. The predicted molar refractivity (Wildman–Crippen MR) is 105 cm³/mol. The van der Waals surface area contributed by atoms with Crippen molar-refractivity contribution in [2.75, 3.05) is 23.3 Å². The lowest BCUT2D eigenvalue weighted by Crippen LogP contribution is -2.38.